The Balaban J connectivity index is 1.54. The van der Waals surface area contributed by atoms with Gasteiger partial charge in [-0.15, -0.1) is 0 Å². The molecule has 3 aromatic rings. The molecule has 4 heteroatoms. The molecular weight excluding hydrogens is 316 g/mol. The number of methoxy groups -OCH3 is 1. The molecule has 0 aliphatic rings. The van der Waals surface area contributed by atoms with Crippen LogP contribution in [0.25, 0.3) is 11.1 Å². The monoisotopic (exact) mass is 334 g/mol. The van der Waals surface area contributed by atoms with Crippen LogP contribution in [0.15, 0.2) is 78.9 Å². The third-order valence-corrected chi connectivity index (χ3v) is 3.61. The van der Waals surface area contributed by atoms with Crippen LogP contribution < -0.4 is 14.2 Å². The molecular formula is C21H18O4. The topological polar surface area (TPSA) is 44.8 Å². The first-order valence-electron chi connectivity index (χ1n) is 7.87. The fourth-order valence-electron chi connectivity index (χ4n) is 2.32. The number of benzene rings is 3. The van der Waals surface area contributed by atoms with E-state index in [0.29, 0.717) is 11.5 Å². The molecule has 0 saturated heterocycles. The number of esters is 1. The van der Waals surface area contributed by atoms with Gasteiger partial charge in [0.1, 0.15) is 17.2 Å². The summed E-state index contributed by atoms with van der Waals surface area (Å²) in [5, 5.41) is 0. The molecule has 0 saturated carbocycles. The molecule has 0 radical (unpaired) electrons. The molecule has 0 heterocycles. The number of carbonyl (C=O) groups excluding carboxylic acids is 1. The quantitative estimate of drug-likeness (QED) is 0.497. The highest BCUT2D eigenvalue weighted by atomic mass is 16.6. The predicted octanol–water partition coefficient (Wildman–Crippen LogP) is 4.35. The van der Waals surface area contributed by atoms with Gasteiger partial charge < -0.3 is 14.2 Å². The summed E-state index contributed by atoms with van der Waals surface area (Å²) >= 11 is 0. The molecule has 0 aliphatic heterocycles. The van der Waals surface area contributed by atoms with Crippen molar-refractivity contribution in [1.82, 2.24) is 0 Å². The molecule has 0 aromatic heterocycles. The lowest BCUT2D eigenvalue weighted by molar-refractivity contribution is -0.136. The van der Waals surface area contributed by atoms with E-state index >= 15 is 0 Å². The van der Waals surface area contributed by atoms with Gasteiger partial charge in [0, 0.05) is 0 Å². The lowest BCUT2D eigenvalue weighted by atomic mass is 10.1. The Hall–Kier alpha value is -3.27. The van der Waals surface area contributed by atoms with Crippen LogP contribution in [0.1, 0.15) is 0 Å². The van der Waals surface area contributed by atoms with Crippen LogP contribution in [0, 0.1) is 0 Å². The van der Waals surface area contributed by atoms with Crippen molar-refractivity contribution in [1.29, 1.82) is 0 Å². The van der Waals surface area contributed by atoms with Crippen molar-refractivity contribution in [2.24, 2.45) is 0 Å². The molecule has 0 aliphatic carbocycles. The molecule has 0 amide bonds. The summed E-state index contributed by atoms with van der Waals surface area (Å²) in [6.45, 7) is -0.160. The normalized spacial score (nSPS) is 10.1. The molecule has 0 fully saturated rings. The van der Waals surface area contributed by atoms with E-state index < -0.39 is 5.97 Å². The van der Waals surface area contributed by atoms with Crippen molar-refractivity contribution < 1.29 is 19.0 Å². The van der Waals surface area contributed by atoms with Gasteiger partial charge in [-0.1, -0.05) is 42.5 Å². The fraction of sp³-hybridized carbons (Fsp3) is 0.0952. The van der Waals surface area contributed by atoms with Crippen molar-refractivity contribution in [3.8, 4) is 28.4 Å². The standard InChI is InChI=1S/C21H18O4/c1-23-18-11-13-19(14-12-18)24-15-21(22)25-20-9-7-17(8-10-20)16-5-3-2-4-6-16/h2-14H,15H2,1H3. The molecule has 126 valence electrons. The molecule has 25 heavy (non-hydrogen) atoms. The highest BCUT2D eigenvalue weighted by Crippen LogP contribution is 2.22. The van der Waals surface area contributed by atoms with Gasteiger partial charge in [0.15, 0.2) is 6.61 Å². The van der Waals surface area contributed by atoms with Gasteiger partial charge in [-0.05, 0) is 47.5 Å². The van der Waals surface area contributed by atoms with E-state index in [1.807, 2.05) is 42.5 Å². The van der Waals surface area contributed by atoms with Gasteiger partial charge in [-0.25, -0.2) is 4.79 Å². The summed E-state index contributed by atoms with van der Waals surface area (Å²) in [5.41, 5.74) is 2.18. The van der Waals surface area contributed by atoms with Gasteiger partial charge in [0.05, 0.1) is 7.11 Å². The number of hydrogen-bond acceptors (Lipinski definition) is 4. The average molecular weight is 334 g/mol. The molecule has 0 N–H and O–H groups in total. The van der Waals surface area contributed by atoms with Crippen molar-refractivity contribution >= 4 is 5.97 Å². The summed E-state index contributed by atoms with van der Waals surface area (Å²) < 4.78 is 15.8. The lowest BCUT2D eigenvalue weighted by Crippen LogP contribution is -2.17. The first kappa shape index (κ1) is 16.6. The number of rotatable bonds is 6. The molecule has 0 atom stereocenters. The van der Waals surface area contributed by atoms with Gasteiger partial charge >= 0.3 is 5.97 Å². The lowest BCUT2D eigenvalue weighted by Gasteiger charge is -2.08. The maximum absolute atomic E-state index is 11.9. The van der Waals surface area contributed by atoms with E-state index in [0.717, 1.165) is 16.9 Å². The van der Waals surface area contributed by atoms with Crippen molar-refractivity contribution in [3.05, 3.63) is 78.9 Å². The van der Waals surface area contributed by atoms with Crippen LogP contribution in [0.5, 0.6) is 17.2 Å². The maximum atomic E-state index is 11.9. The molecule has 4 nitrogen and oxygen atoms in total. The highest BCUT2D eigenvalue weighted by molar-refractivity contribution is 5.74. The third kappa shape index (κ3) is 4.61. The maximum Gasteiger partial charge on any atom is 0.349 e. The van der Waals surface area contributed by atoms with Crippen LogP contribution in [0.3, 0.4) is 0 Å². The molecule has 3 aromatic carbocycles. The van der Waals surface area contributed by atoms with E-state index in [-0.39, 0.29) is 6.61 Å². The van der Waals surface area contributed by atoms with Crippen LogP contribution in [-0.4, -0.2) is 19.7 Å². The average Bonchev–Trinajstić information content (AvgIpc) is 2.68. The van der Waals surface area contributed by atoms with Crippen molar-refractivity contribution in [2.45, 2.75) is 0 Å². The molecule has 0 unspecified atom stereocenters. The Morgan fingerprint density at radius 2 is 1.28 bits per heavy atom. The Morgan fingerprint density at radius 3 is 1.92 bits per heavy atom. The van der Waals surface area contributed by atoms with E-state index in [9.17, 15) is 4.79 Å². The van der Waals surface area contributed by atoms with Gasteiger partial charge in [0.25, 0.3) is 0 Å². The van der Waals surface area contributed by atoms with E-state index in [1.165, 1.54) is 0 Å². The smallest absolute Gasteiger partial charge is 0.349 e. The summed E-state index contributed by atoms with van der Waals surface area (Å²) in [7, 11) is 1.59. The van der Waals surface area contributed by atoms with Gasteiger partial charge in [0.2, 0.25) is 0 Å². The number of hydrogen-bond donors (Lipinski definition) is 0. The second kappa shape index (κ2) is 8.02. The minimum absolute atomic E-state index is 0.160. The Labute approximate surface area is 146 Å². The minimum Gasteiger partial charge on any atom is -0.497 e. The van der Waals surface area contributed by atoms with Crippen LogP contribution in [0.2, 0.25) is 0 Å². The number of carbonyl (C=O) groups is 1. The fourth-order valence-corrected chi connectivity index (χ4v) is 2.32. The van der Waals surface area contributed by atoms with Crippen LogP contribution in [0.4, 0.5) is 0 Å². The van der Waals surface area contributed by atoms with Gasteiger partial charge in [-0.3, -0.25) is 0 Å². The molecule has 0 spiro atoms. The predicted molar refractivity (Wildman–Crippen MR) is 96.0 cm³/mol. The third-order valence-electron chi connectivity index (χ3n) is 3.61. The first-order chi connectivity index (χ1) is 12.2. The summed E-state index contributed by atoms with van der Waals surface area (Å²) in [5.74, 6) is 1.34. The molecule has 3 rings (SSSR count). The van der Waals surface area contributed by atoms with E-state index in [1.54, 1.807) is 43.5 Å². The summed E-state index contributed by atoms with van der Waals surface area (Å²) in [6.07, 6.45) is 0. The van der Waals surface area contributed by atoms with Crippen molar-refractivity contribution in [3.63, 3.8) is 0 Å². The van der Waals surface area contributed by atoms with Gasteiger partial charge in [-0.2, -0.15) is 0 Å². The largest absolute Gasteiger partial charge is 0.497 e. The van der Waals surface area contributed by atoms with E-state index in [4.69, 9.17) is 14.2 Å². The zero-order valence-electron chi connectivity index (χ0n) is 13.8. The summed E-state index contributed by atoms with van der Waals surface area (Å²) in [6, 6.07) is 24.4. The Kier molecular flexibility index (Phi) is 5.32. The molecule has 0 bridgehead atoms. The minimum atomic E-state index is -0.455. The SMILES string of the molecule is COc1ccc(OCC(=O)Oc2ccc(-c3ccccc3)cc2)cc1. The summed E-state index contributed by atoms with van der Waals surface area (Å²) in [4.78, 5) is 11.9. The van der Waals surface area contributed by atoms with Crippen molar-refractivity contribution in [2.75, 3.05) is 13.7 Å². The second-order valence-corrected chi connectivity index (χ2v) is 5.33. The second-order valence-electron chi connectivity index (χ2n) is 5.33. The number of ether oxygens (including phenoxy) is 3. The van der Waals surface area contributed by atoms with Crippen LogP contribution >= 0.6 is 0 Å². The Bertz CT molecular complexity index is 809. The zero-order chi connectivity index (χ0) is 17.5. The Morgan fingerprint density at radius 1 is 0.720 bits per heavy atom. The van der Waals surface area contributed by atoms with E-state index in [2.05, 4.69) is 0 Å². The van der Waals surface area contributed by atoms with Crippen LogP contribution in [-0.2, 0) is 4.79 Å². The first-order valence-corrected chi connectivity index (χ1v) is 7.87. The highest BCUT2D eigenvalue weighted by Gasteiger charge is 2.07. The zero-order valence-corrected chi connectivity index (χ0v) is 13.8.